The van der Waals surface area contributed by atoms with Gasteiger partial charge in [0.15, 0.2) is 0 Å². The second-order valence-electron chi connectivity index (χ2n) is 8.29. The lowest BCUT2D eigenvalue weighted by Crippen LogP contribution is -2.28. The predicted octanol–water partition coefficient (Wildman–Crippen LogP) is 3.73. The number of benzene rings is 2. The lowest BCUT2D eigenvalue weighted by atomic mass is 9.95. The lowest BCUT2D eigenvalue weighted by Gasteiger charge is -2.18. The largest absolute Gasteiger partial charge is 0.348 e. The van der Waals surface area contributed by atoms with Crippen molar-refractivity contribution in [3.05, 3.63) is 59.7 Å². The van der Waals surface area contributed by atoms with E-state index >= 15 is 0 Å². The number of amides is 3. The van der Waals surface area contributed by atoms with Crippen LogP contribution in [0.5, 0.6) is 0 Å². The van der Waals surface area contributed by atoms with Crippen LogP contribution in [-0.2, 0) is 16.1 Å². The number of nitrogens with zero attached hydrogens (tertiary/aromatic N) is 1. The number of carbonyl (C=O) groups is 3. The van der Waals surface area contributed by atoms with Gasteiger partial charge in [-0.3, -0.25) is 14.4 Å². The molecule has 1 fully saturated rings. The molecule has 1 saturated heterocycles. The maximum Gasteiger partial charge on any atom is 0.251 e. The first-order valence-electron chi connectivity index (χ1n) is 9.83. The second kappa shape index (κ2) is 8.47. The molecule has 2 aromatic rings. The van der Waals surface area contributed by atoms with E-state index in [1.54, 1.807) is 29.2 Å². The summed E-state index contributed by atoms with van der Waals surface area (Å²) in [6.45, 7) is 6.60. The molecule has 2 N–H and O–H groups in total. The minimum atomic E-state index is -0.514. The Hall–Kier alpha value is -3.15. The minimum Gasteiger partial charge on any atom is -0.348 e. The van der Waals surface area contributed by atoms with Crippen LogP contribution in [0.25, 0.3) is 0 Å². The van der Waals surface area contributed by atoms with Crippen LogP contribution in [0.4, 0.5) is 11.4 Å². The Balaban J connectivity index is 1.63. The molecule has 0 atom stereocenters. The fourth-order valence-corrected chi connectivity index (χ4v) is 3.10. The van der Waals surface area contributed by atoms with Gasteiger partial charge in [0.1, 0.15) is 0 Å². The quantitative estimate of drug-likeness (QED) is 0.812. The highest BCUT2D eigenvalue weighted by atomic mass is 16.2. The van der Waals surface area contributed by atoms with Crippen LogP contribution >= 0.6 is 0 Å². The first-order chi connectivity index (χ1) is 13.7. The topological polar surface area (TPSA) is 78.5 Å². The minimum absolute atomic E-state index is 0.108. The molecule has 2 aromatic carbocycles. The molecular formula is C23H27N3O3. The average molecular weight is 393 g/mol. The molecule has 0 radical (unpaired) electrons. The van der Waals surface area contributed by atoms with Gasteiger partial charge < -0.3 is 15.5 Å². The summed E-state index contributed by atoms with van der Waals surface area (Å²) in [6, 6.07) is 14.5. The number of rotatable bonds is 5. The predicted molar refractivity (Wildman–Crippen MR) is 114 cm³/mol. The van der Waals surface area contributed by atoms with Gasteiger partial charge in [-0.2, -0.15) is 0 Å². The van der Waals surface area contributed by atoms with Crippen molar-refractivity contribution in [3.63, 3.8) is 0 Å². The van der Waals surface area contributed by atoms with Crippen molar-refractivity contribution in [1.82, 2.24) is 5.32 Å². The van der Waals surface area contributed by atoms with Crippen LogP contribution in [0, 0.1) is 5.41 Å². The van der Waals surface area contributed by atoms with E-state index in [2.05, 4.69) is 10.6 Å². The summed E-state index contributed by atoms with van der Waals surface area (Å²) >= 11 is 0. The van der Waals surface area contributed by atoms with E-state index in [-0.39, 0.29) is 17.7 Å². The third-order valence-electron chi connectivity index (χ3n) is 4.81. The summed E-state index contributed by atoms with van der Waals surface area (Å²) in [7, 11) is 0. The maximum absolute atomic E-state index is 12.6. The SMILES string of the molecule is CC(C)(C)C(=O)Nc1cccc(C(=O)NCc2cccc(N3CCCC3=O)c2)c1. The molecule has 0 saturated carbocycles. The van der Waals surface area contributed by atoms with Crippen molar-refractivity contribution < 1.29 is 14.4 Å². The van der Waals surface area contributed by atoms with Crippen molar-refractivity contribution in [2.75, 3.05) is 16.8 Å². The van der Waals surface area contributed by atoms with E-state index in [1.807, 2.05) is 45.0 Å². The highest BCUT2D eigenvalue weighted by Gasteiger charge is 2.22. The summed E-state index contributed by atoms with van der Waals surface area (Å²) < 4.78 is 0. The Kier molecular flexibility index (Phi) is 6.01. The molecule has 1 aliphatic heterocycles. The zero-order valence-electron chi connectivity index (χ0n) is 17.1. The Morgan fingerprint density at radius 2 is 1.83 bits per heavy atom. The molecular weight excluding hydrogens is 366 g/mol. The zero-order chi connectivity index (χ0) is 21.0. The van der Waals surface area contributed by atoms with Crippen molar-refractivity contribution in [3.8, 4) is 0 Å². The third kappa shape index (κ3) is 5.22. The fourth-order valence-electron chi connectivity index (χ4n) is 3.10. The smallest absolute Gasteiger partial charge is 0.251 e. The number of nitrogens with one attached hydrogen (secondary N) is 2. The van der Waals surface area contributed by atoms with Gasteiger partial charge in [-0.1, -0.05) is 39.0 Å². The van der Waals surface area contributed by atoms with Gasteiger partial charge in [0.25, 0.3) is 5.91 Å². The normalized spacial score (nSPS) is 14.0. The van der Waals surface area contributed by atoms with Crippen LogP contribution < -0.4 is 15.5 Å². The Morgan fingerprint density at radius 1 is 1.07 bits per heavy atom. The Bertz CT molecular complexity index is 931. The van der Waals surface area contributed by atoms with Crippen molar-refractivity contribution in [2.45, 2.75) is 40.2 Å². The average Bonchev–Trinajstić information content (AvgIpc) is 3.12. The lowest BCUT2D eigenvalue weighted by molar-refractivity contribution is -0.123. The van der Waals surface area contributed by atoms with E-state index in [4.69, 9.17) is 0 Å². The molecule has 1 heterocycles. The number of carbonyl (C=O) groups excluding carboxylic acids is 3. The van der Waals surface area contributed by atoms with Gasteiger partial charge in [0, 0.05) is 41.9 Å². The highest BCUT2D eigenvalue weighted by molar-refractivity contribution is 5.98. The van der Waals surface area contributed by atoms with Gasteiger partial charge in [-0.15, -0.1) is 0 Å². The third-order valence-corrected chi connectivity index (χ3v) is 4.81. The second-order valence-corrected chi connectivity index (χ2v) is 8.29. The Labute approximate surface area is 171 Å². The Morgan fingerprint density at radius 3 is 2.52 bits per heavy atom. The molecule has 0 aliphatic carbocycles. The van der Waals surface area contributed by atoms with Crippen LogP contribution in [-0.4, -0.2) is 24.3 Å². The zero-order valence-corrected chi connectivity index (χ0v) is 17.1. The molecule has 6 heteroatoms. The summed E-state index contributed by atoms with van der Waals surface area (Å²) in [6.07, 6.45) is 1.46. The maximum atomic E-state index is 12.6. The van der Waals surface area contributed by atoms with Crippen molar-refractivity contribution in [1.29, 1.82) is 0 Å². The van der Waals surface area contributed by atoms with E-state index < -0.39 is 5.41 Å². The molecule has 1 aliphatic rings. The number of hydrogen-bond donors (Lipinski definition) is 2. The van der Waals surface area contributed by atoms with Gasteiger partial charge in [0.05, 0.1) is 0 Å². The first kappa shape index (κ1) is 20.6. The first-order valence-corrected chi connectivity index (χ1v) is 9.83. The molecule has 0 unspecified atom stereocenters. The van der Waals surface area contributed by atoms with Gasteiger partial charge in [0.2, 0.25) is 11.8 Å². The van der Waals surface area contributed by atoms with Crippen LogP contribution in [0.2, 0.25) is 0 Å². The van der Waals surface area contributed by atoms with Crippen molar-refractivity contribution >= 4 is 29.1 Å². The van der Waals surface area contributed by atoms with E-state index in [0.29, 0.717) is 24.2 Å². The molecule has 0 bridgehead atoms. The molecule has 0 spiro atoms. The summed E-state index contributed by atoms with van der Waals surface area (Å²) in [5.74, 6) is -0.192. The van der Waals surface area contributed by atoms with Crippen LogP contribution in [0.15, 0.2) is 48.5 Å². The molecule has 29 heavy (non-hydrogen) atoms. The van der Waals surface area contributed by atoms with Gasteiger partial charge >= 0.3 is 0 Å². The van der Waals surface area contributed by atoms with Gasteiger partial charge in [-0.25, -0.2) is 0 Å². The molecule has 3 amide bonds. The van der Waals surface area contributed by atoms with E-state index in [9.17, 15) is 14.4 Å². The summed E-state index contributed by atoms with van der Waals surface area (Å²) in [5.41, 5.74) is 2.34. The van der Waals surface area contributed by atoms with Crippen molar-refractivity contribution in [2.24, 2.45) is 5.41 Å². The fraction of sp³-hybridized carbons (Fsp3) is 0.348. The molecule has 6 nitrogen and oxygen atoms in total. The highest BCUT2D eigenvalue weighted by Crippen LogP contribution is 2.22. The summed E-state index contributed by atoms with van der Waals surface area (Å²) in [4.78, 5) is 38.4. The van der Waals surface area contributed by atoms with Crippen LogP contribution in [0.1, 0.15) is 49.5 Å². The summed E-state index contributed by atoms with van der Waals surface area (Å²) in [5, 5.41) is 5.74. The standard InChI is InChI=1S/C23H27N3O3/c1-23(2,3)22(29)25-18-9-5-8-17(14-18)21(28)24-15-16-7-4-10-19(13-16)26-12-6-11-20(26)27/h4-5,7-10,13-14H,6,11-12,15H2,1-3H3,(H,24,28)(H,25,29). The monoisotopic (exact) mass is 393 g/mol. The number of hydrogen-bond acceptors (Lipinski definition) is 3. The molecule has 0 aromatic heterocycles. The van der Waals surface area contributed by atoms with E-state index in [0.717, 1.165) is 24.2 Å². The van der Waals surface area contributed by atoms with E-state index in [1.165, 1.54) is 0 Å². The van der Waals surface area contributed by atoms with Gasteiger partial charge in [-0.05, 0) is 42.3 Å². The molecule has 3 rings (SSSR count). The van der Waals surface area contributed by atoms with Crippen LogP contribution in [0.3, 0.4) is 0 Å². The number of anilines is 2. The molecule has 152 valence electrons.